The van der Waals surface area contributed by atoms with Crippen molar-refractivity contribution in [1.29, 1.82) is 0 Å². The van der Waals surface area contributed by atoms with E-state index in [-0.39, 0.29) is 11.7 Å². The third-order valence-electron chi connectivity index (χ3n) is 2.52. The lowest BCUT2D eigenvalue weighted by Gasteiger charge is -2.04. The van der Waals surface area contributed by atoms with E-state index in [4.69, 9.17) is 5.73 Å². The second kappa shape index (κ2) is 9.58. The van der Waals surface area contributed by atoms with Gasteiger partial charge in [-0.3, -0.25) is 9.59 Å². The molecule has 1 aromatic rings. The summed E-state index contributed by atoms with van der Waals surface area (Å²) < 4.78 is 0. The molecule has 0 radical (unpaired) electrons. The molecule has 104 valence electrons. The summed E-state index contributed by atoms with van der Waals surface area (Å²) in [6.07, 6.45) is 1.82. The van der Waals surface area contributed by atoms with Gasteiger partial charge in [-0.05, 0) is 19.4 Å². The number of thioether (sulfide) groups is 1. The monoisotopic (exact) mass is 280 g/mol. The molecule has 0 aliphatic carbocycles. The lowest BCUT2D eigenvalue weighted by atomic mass is 10.2. The van der Waals surface area contributed by atoms with Gasteiger partial charge in [0, 0.05) is 12.1 Å². The zero-order chi connectivity index (χ0) is 13.9. The highest BCUT2D eigenvalue weighted by Gasteiger charge is 2.07. The maximum Gasteiger partial charge on any atom is 0.230 e. The van der Waals surface area contributed by atoms with Crippen LogP contribution in [0.1, 0.15) is 23.2 Å². The van der Waals surface area contributed by atoms with E-state index in [9.17, 15) is 9.59 Å². The highest BCUT2D eigenvalue weighted by molar-refractivity contribution is 8.00. The van der Waals surface area contributed by atoms with E-state index >= 15 is 0 Å². The zero-order valence-electron chi connectivity index (χ0n) is 10.9. The third-order valence-corrected chi connectivity index (χ3v) is 3.45. The van der Waals surface area contributed by atoms with Crippen molar-refractivity contribution < 1.29 is 9.59 Å². The molecule has 0 saturated carbocycles. The molecule has 3 N–H and O–H groups in total. The van der Waals surface area contributed by atoms with Crippen LogP contribution in [0.5, 0.6) is 0 Å². The first-order valence-corrected chi connectivity index (χ1v) is 7.52. The zero-order valence-corrected chi connectivity index (χ0v) is 11.7. The number of carbonyl (C=O) groups is 2. The van der Waals surface area contributed by atoms with Crippen LogP contribution in [-0.2, 0) is 4.79 Å². The number of benzene rings is 1. The Kier molecular flexibility index (Phi) is 7.93. The lowest BCUT2D eigenvalue weighted by Crippen LogP contribution is -2.27. The van der Waals surface area contributed by atoms with Gasteiger partial charge in [0.05, 0.1) is 11.5 Å². The Morgan fingerprint density at radius 3 is 2.53 bits per heavy atom. The number of nitrogens with one attached hydrogen (secondary N) is 1. The minimum atomic E-state index is -0.0251. The molecule has 1 rings (SSSR count). The number of amides is 1. The lowest BCUT2D eigenvalue weighted by molar-refractivity contribution is -0.118. The van der Waals surface area contributed by atoms with E-state index in [0.717, 1.165) is 12.8 Å². The van der Waals surface area contributed by atoms with Crippen molar-refractivity contribution in [2.45, 2.75) is 12.8 Å². The minimum absolute atomic E-state index is 0.0251. The predicted molar refractivity (Wildman–Crippen MR) is 79.4 cm³/mol. The first-order chi connectivity index (χ1) is 9.24. The molecule has 0 aliphatic rings. The molecule has 0 aromatic heterocycles. The van der Waals surface area contributed by atoms with Crippen molar-refractivity contribution >= 4 is 23.5 Å². The van der Waals surface area contributed by atoms with Gasteiger partial charge in [-0.1, -0.05) is 30.3 Å². The predicted octanol–water partition coefficient (Wildman–Crippen LogP) is 1.46. The molecule has 1 aromatic carbocycles. The summed E-state index contributed by atoms with van der Waals surface area (Å²) in [6.45, 7) is 1.30. The fourth-order valence-corrected chi connectivity index (χ4v) is 2.23. The first kappa shape index (κ1) is 15.7. The van der Waals surface area contributed by atoms with Gasteiger partial charge < -0.3 is 11.1 Å². The molecule has 19 heavy (non-hydrogen) atoms. The van der Waals surface area contributed by atoms with E-state index in [2.05, 4.69) is 5.32 Å². The van der Waals surface area contributed by atoms with E-state index < -0.39 is 0 Å². The van der Waals surface area contributed by atoms with Gasteiger partial charge in [0.25, 0.3) is 0 Å². The van der Waals surface area contributed by atoms with Crippen LogP contribution in [0.3, 0.4) is 0 Å². The maximum atomic E-state index is 11.8. The summed E-state index contributed by atoms with van der Waals surface area (Å²) in [6, 6.07) is 9.12. The SMILES string of the molecule is NCCCCNC(=O)CSCC(=O)c1ccccc1. The smallest absolute Gasteiger partial charge is 0.230 e. The number of hydrogen-bond donors (Lipinski definition) is 2. The molecule has 0 spiro atoms. The molecule has 0 aliphatic heterocycles. The Balaban J connectivity index is 2.13. The van der Waals surface area contributed by atoms with E-state index in [0.29, 0.717) is 30.2 Å². The normalized spacial score (nSPS) is 10.2. The third kappa shape index (κ3) is 6.98. The van der Waals surface area contributed by atoms with Crippen LogP contribution in [0, 0.1) is 0 Å². The standard InChI is InChI=1S/C14H20N2O2S/c15-8-4-5-9-16-14(18)11-19-10-13(17)12-6-2-1-3-7-12/h1-3,6-7H,4-5,8-11,15H2,(H,16,18). The first-order valence-electron chi connectivity index (χ1n) is 6.37. The van der Waals surface area contributed by atoms with Gasteiger partial charge in [-0.15, -0.1) is 11.8 Å². The number of nitrogens with two attached hydrogens (primary N) is 1. The molecule has 0 bridgehead atoms. The quantitative estimate of drug-likeness (QED) is 0.530. The van der Waals surface area contributed by atoms with Crippen LogP contribution in [0.4, 0.5) is 0 Å². The van der Waals surface area contributed by atoms with Gasteiger partial charge in [-0.25, -0.2) is 0 Å². The molecule has 0 heterocycles. The van der Waals surface area contributed by atoms with Crippen LogP contribution in [-0.4, -0.2) is 36.3 Å². The fourth-order valence-electron chi connectivity index (χ4n) is 1.49. The number of rotatable bonds is 9. The highest BCUT2D eigenvalue weighted by Crippen LogP contribution is 2.06. The Bertz CT molecular complexity index is 396. The van der Waals surface area contributed by atoms with Crippen LogP contribution >= 0.6 is 11.8 Å². The van der Waals surface area contributed by atoms with Crippen molar-refractivity contribution in [1.82, 2.24) is 5.32 Å². The molecular formula is C14H20N2O2S. The van der Waals surface area contributed by atoms with Crippen molar-refractivity contribution in [3.8, 4) is 0 Å². The minimum Gasteiger partial charge on any atom is -0.355 e. The van der Waals surface area contributed by atoms with Crippen molar-refractivity contribution in [2.75, 3.05) is 24.6 Å². The topological polar surface area (TPSA) is 72.2 Å². The number of unbranched alkanes of at least 4 members (excludes halogenated alkanes) is 1. The largest absolute Gasteiger partial charge is 0.355 e. The maximum absolute atomic E-state index is 11.8. The average Bonchev–Trinajstić information content (AvgIpc) is 2.44. The van der Waals surface area contributed by atoms with Crippen LogP contribution in [0.25, 0.3) is 0 Å². The summed E-state index contributed by atoms with van der Waals surface area (Å²) in [5.41, 5.74) is 6.05. The molecular weight excluding hydrogens is 260 g/mol. The van der Waals surface area contributed by atoms with Gasteiger partial charge in [0.1, 0.15) is 0 Å². The Morgan fingerprint density at radius 1 is 1.11 bits per heavy atom. The number of hydrogen-bond acceptors (Lipinski definition) is 4. The Morgan fingerprint density at radius 2 is 1.84 bits per heavy atom. The number of Topliss-reactive ketones (excluding diaryl/α,β-unsaturated/α-hetero) is 1. The highest BCUT2D eigenvalue weighted by atomic mass is 32.2. The van der Waals surface area contributed by atoms with E-state index in [1.165, 1.54) is 11.8 Å². The van der Waals surface area contributed by atoms with E-state index in [1.807, 2.05) is 18.2 Å². The summed E-state index contributed by atoms with van der Waals surface area (Å²) in [7, 11) is 0. The van der Waals surface area contributed by atoms with Gasteiger partial charge in [-0.2, -0.15) is 0 Å². The Hall–Kier alpha value is -1.33. The fraction of sp³-hybridized carbons (Fsp3) is 0.429. The van der Waals surface area contributed by atoms with Crippen LogP contribution in [0.2, 0.25) is 0 Å². The van der Waals surface area contributed by atoms with E-state index in [1.54, 1.807) is 12.1 Å². The molecule has 0 saturated heterocycles. The van der Waals surface area contributed by atoms with Crippen molar-refractivity contribution in [3.05, 3.63) is 35.9 Å². The molecule has 4 nitrogen and oxygen atoms in total. The average molecular weight is 280 g/mol. The van der Waals surface area contributed by atoms with Gasteiger partial charge >= 0.3 is 0 Å². The van der Waals surface area contributed by atoms with Crippen molar-refractivity contribution in [3.63, 3.8) is 0 Å². The summed E-state index contributed by atoms with van der Waals surface area (Å²) in [5.74, 6) is 0.686. The van der Waals surface area contributed by atoms with Gasteiger partial charge in [0.15, 0.2) is 5.78 Å². The molecule has 0 fully saturated rings. The number of carbonyl (C=O) groups excluding carboxylic acids is 2. The summed E-state index contributed by atoms with van der Waals surface area (Å²) in [4.78, 5) is 23.2. The Labute approximate surface area is 118 Å². The van der Waals surface area contributed by atoms with Crippen LogP contribution < -0.4 is 11.1 Å². The second-order valence-electron chi connectivity index (χ2n) is 4.13. The van der Waals surface area contributed by atoms with Gasteiger partial charge in [0.2, 0.25) is 5.91 Å². The molecule has 1 amide bonds. The van der Waals surface area contributed by atoms with Crippen molar-refractivity contribution in [2.24, 2.45) is 5.73 Å². The summed E-state index contributed by atoms with van der Waals surface area (Å²) >= 11 is 1.34. The molecule has 5 heteroatoms. The molecule has 0 atom stereocenters. The second-order valence-corrected chi connectivity index (χ2v) is 5.11. The number of ketones is 1. The van der Waals surface area contributed by atoms with Crippen LogP contribution in [0.15, 0.2) is 30.3 Å². The molecule has 0 unspecified atom stereocenters. The summed E-state index contributed by atoms with van der Waals surface area (Å²) in [5, 5.41) is 2.80.